The molecular formula is C6H2BrF4N. The number of halogens is 5. The molecule has 0 unspecified atom stereocenters. The third-order valence-corrected chi connectivity index (χ3v) is 1.71. The van der Waals surface area contributed by atoms with Crippen LogP contribution in [0, 0.1) is 5.82 Å². The summed E-state index contributed by atoms with van der Waals surface area (Å²) in [7, 11) is 0. The van der Waals surface area contributed by atoms with E-state index in [1.165, 1.54) is 0 Å². The molecule has 0 N–H and O–H groups in total. The Morgan fingerprint density at radius 3 is 2.33 bits per heavy atom. The molecule has 0 atom stereocenters. The first-order valence-electron chi connectivity index (χ1n) is 2.79. The molecule has 6 heteroatoms. The number of aromatic nitrogens is 1. The van der Waals surface area contributed by atoms with Crippen molar-refractivity contribution in [3.63, 3.8) is 0 Å². The monoisotopic (exact) mass is 243 g/mol. The minimum absolute atomic E-state index is 0.246. The summed E-state index contributed by atoms with van der Waals surface area (Å²) in [6.07, 6.45) is -4.01. The largest absolute Gasteiger partial charge is 0.433 e. The molecule has 1 aromatic rings. The fourth-order valence-corrected chi connectivity index (χ4v) is 0.888. The molecule has 0 bridgehead atoms. The van der Waals surface area contributed by atoms with Crippen LogP contribution in [0.3, 0.4) is 0 Å². The van der Waals surface area contributed by atoms with Gasteiger partial charge in [-0.05, 0) is 22.0 Å². The van der Waals surface area contributed by atoms with Gasteiger partial charge in [0.1, 0.15) is 5.69 Å². The fourth-order valence-electron chi connectivity index (χ4n) is 0.569. The molecule has 1 heterocycles. The van der Waals surface area contributed by atoms with Crippen molar-refractivity contribution in [2.24, 2.45) is 0 Å². The van der Waals surface area contributed by atoms with E-state index in [1.54, 1.807) is 0 Å². The molecule has 0 aromatic carbocycles. The van der Waals surface area contributed by atoms with Crippen LogP contribution in [0.5, 0.6) is 0 Å². The van der Waals surface area contributed by atoms with Crippen LogP contribution in [0.4, 0.5) is 17.6 Å². The predicted octanol–water partition coefficient (Wildman–Crippen LogP) is 3.00. The zero-order chi connectivity index (χ0) is 9.35. The van der Waals surface area contributed by atoms with Crippen LogP contribution in [0.2, 0.25) is 0 Å². The Hall–Kier alpha value is -0.650. The van der Waals surface area contributed by atoms with Crippen LogP contribution in [-0.2, 0) is 6.18 Å². The van der Waals surface area contributed by atoms with Gasteiger partial charge in [0.25, 0.3) is 0 Å². The van der Waals surface area contributed by atoms with Crippen molar-refractivity contribution >= 4 is 15.9 Å². The maximum absolute atomic E-state index is 12.4. The van der Waals surface area contributed by atoms with Gasteiger partial charge in [0.2, 0.25) is 0 Å². The molecule has 0 aliphatic rings. The second-order valence-electron chi connectivity index (χ2n) is 1.98. The van der Waals surface area contributed by atoms with Crippen LogP contribution in [-0.4, -0.2) is 4.98 Å². The first-order valence-corrected chi connectivity index (χ1v) is 3.59. The molecular weight excluding hydrogens is 242 g/mol. The Morgan fingerprint density at radius 1 is 1.33 bits per heavy atom. The number of hydrogen-bond donors (Lipinski definition) is 0. The molecule has 12 heavy (non-hydrogen) atoms. The highest BCUT2D eigenvalue weighted by Crippen LogP contribution is 2.29. The first-order chi connectivity index (χ1) is 5.41. The molecule has 66 valence electrons. The van der Waals surface area contributed by atoms with Gasteiger partial charge in [0.15, 0.2) is 5.82 Å². The van der Waals surface area contributed by atoms with Crippen molar-refractivity contribution in [1.82, 2.24) is 4.98 Å². The summed E-state index contributed by atoms with van der Waals surface area (Å²) in [4.78, 5) is 2.88. The van der Waals surface area contributed by atoms with Crippen molar-refractivity contribution in [1.29, 1.82) is 0 Å². The summed E-state index contributed by atoms with van der Waals surface area (Å²) in [5.74, 6) is -0.817. The van der Waals surface area contributed by atoms with E-state index in [2.05, 4.69) is 20.9 Å². The first kappa shape index (κ1) is 9.44. The van der Waals surface area contributed by atoms with Crippen molar-refractivity contribution in [2.75, 3.05) is 0 Å². The lowest BCUT2D eigenvalue weighted by Crippen LogP contribution is -2.07. The maximum Gasteiger partial charge on any atom is 0.433 e. The number of nitrogens with zero attached hydrogens (tertiary/aromatic N) is 1. The van der Waals surface area contributed by atoms with E-state index >= 15 is 0 Å². The molecule has 0 saturated carbocycles. The third kappa shape index (κ3) is 1.94. The molecule has 0 radical (unpaired) electrons. The quantitative estimate of drug-likeness (QED) is 0.639. The zero-order valence-corrected chi connectivity index (χ0v) is 7.08. The Morgan fingerprint density at radius 2 is 1.92 bits per heavy atom. The van der Waals surface area contributed by atoms with E-state index in [0.29, 0.717) is 12.3 Å². The Balaban J connectivity index is 3.14. The lowest BCUT2D eigenvalue weighted by Gasteiger charge is -2.04. The molecule has 1 aromatic heterocycles. The molecule has 0 saturated heterocycles. The topological polar surface area (TPSA) is 12.9 Å². The molecule has 0 aliphatic carbocycles. The average Bonchev–Trinajstić information content (AvgIpc) is 1.92. The summed E-state index contributed by atoms with van der Waals surface area (Å²) in [5, 5.41) is 0. The summed E-state index contributed by atoms with van der Waals surface area (Å²) >= 11 is 2.62. The predicted molar refractivity (Wildman–Crippen MR) is 36.9 cm³/mol. The highest BCUT2D eigenvalue weighted by Gasteiger charge is 2.32. The van der Waals surface area contributed by atoms with Gasteiger partial charge >= 0.3 is 6.18 Å². The number of pyridine rings is 1. The lowest BCUT2D eigenvalue weighted by atomic mass is 10.3. The van der Waals surface area contributed by atoms with Crippen molar-refractivity contribution in [2.45, 2.75) is 6.18 Å². The van der Waals surface area contributed by atoms with Gasteiger partial charge in [-0.1, -0.05) is 0 Å². The van der Waals surface area contributed by atoms with Crippen molar-refractivity contribution in [3.05, 3.63) is 28.2 Å². The average molecular weight is 244 g/mol. The molecule has 0 fully saturated rings. The zero-order valence-electron chi connectivity index (χ0n) is 5.49. The van der Waals surface area contributed by atoms with Gasteiger partial charge in [0, 0.05) is 0 Å². The van der Waals surface area contributed by atoms with Crippen molar-refractivity contribution < 1.29 is 17.6 Å². The summed E-state index contributed by atoms with van der Waals surface area (Å²) in [6, 6.07) is 0.593. The van der Waals surface area contributed by atoms with E-state index in [0.717, 1.165) is 0 Å². The highest BCUT2D eigenvalue weighted by atomic mass is 79.9. The second-order valence-corrected chi connectivity index (χ2v) is 2.84. The van der Waals surface area contributed by atoms with E-state index in [1.807, 2.05) is 0 Å². The van der Waals surface area contributed by atoms with Crippen molar-refractivity contribution in [3.8, 4) is 0 Å². The van der Waals surface area contributed by atoms with Crippen LogP contribution >= 0.6 is 15.9 Å². The minimum atomic E-state index is -4.53. The number of hydrogen-bond acceptors (Lipinski definition) is 1. The maximum atomic E-state index is 12.4. The second kappa shape index (κ2) is 3.01. The number of alkyl halides is 3. The third-order valence-electron chi connectivity index (χ3n) is 1.10. The van der Waals surface area contributed by atoms with E-state index in [-0.39, 0.29) is 4.47 Å². The van der Waals surface area contributed by atoms with Gasteiger partial charge in [-0.25, -0.2) is 9.37 Å². The van der Waals surface area contributed by atoms with Crippen LogP contribution in [0.25, 0.3) is 0 Å². The molecule has 1 nitrogen and oxygen atoms in total. The molecule has 0 amide bonds. The lowest BCUT2D eigenvalue weighted by molar-refractivity contribution is -0.141. The van der Waals surface area contributed by atoms with E-state index < -0.39 is 17.7 Å². The normalized spacial score (nSPS) is 11.8. The highest BCUT2D eigenvalue weighted by molar-refractivity contribution is 9.10. The molecule has 1 rings (SSSR count). The van der Waals surface area contributed by atoms with Crippen LogP contribution in [0.1, 0.15) is 5.69 Å². The minimum Gasteiger partial charge on any atom is -0.249 e. The fraction of sp³-hybridized carbons (Fsp3) is 0.167. The Kier molecular flexibility index (Phi) is 2.36. The summed E-state index contributed by atoms with van der Waals surface area (Å²) in [5.41, 5.74) is -1.12. The Bertz CT molecular complexity index is 296. The van der Waals surface area contributed by atoms with Gasteiger partial charge in [-0.3, -0.25) is 0 Å². The van der Waals surface area contributed by atoms with Gasteiger partial charge < -0.3 is 0 Å². The van der Waals surface area contributed by atoms with Gasteiger partial charge in [-0.15, -0.1) is 0 Å². The SMILES string of the molecule is Fc1cnc(C(F)(F)F)cc1Br. The molecule has 0 aliphatic heterocycles. The number of rotatable bonds is 0. The van der Waals surface area contributed by atoms with E-state index in [9.17, 15) is 17.6 Å². The van der Waals surface area contributed by atoms with E-state index in [4.69, 9.17) is 0 Å². The smallest absolute Gasteiger partial charge is 0.249 e. The van der Waals surface area contributed by atoms with Gasteiger partial charge in [0.05, 0.1) is 10.7 Å². The van der Waals surface area contributed by atoms with Crippen LogP contribution < -0.4 is 0 Å². The molecule has 0 spiro atoms. The standard InChI is InChI=1S/C6H2BrF4N/c7-3-1-5(6(9,10)11)12-2-4(3)8/h1-2H. The Labute approximate surface area is 73.5 Å². The summed E-state index contributed by atoms with van der Waals surface area (Å²) < 4.78 is 47.8. The van der Waals surface area contributed by atoms with Crippen LogP contribution in [0.15, 0.2) is 16.7 Å². The summed E-state index contributed by atoms with van der Waals surface area (Å²) in [6.45, 7) is 0. The van der Waals surface area contributed by atoms with Gasteiger partial charge in [-0.2, -0.15) is 13.2 Å².